The van der Waals surface area contributed by atoms with E-state index in [2.05, 4.69) is 10.3 Å². The van der Waals surface area contributed by atoms with Crippen molar-refractivity contribution in [2.24, 2.45) is 0 Å². The van der Waals surface area contributed by atoms with Gasteiger partial charge in [-0.3, -0.25) is 28.3 Å². The average Bonchev–Trinajstić information content (AvgIpc) is 3.01. The van der Waals surface area contributed by atoms with Gasteiger partial charge in [-0.15, -0.1) is 0 Å². The number of amides is 2. The maximum absolute atomic E-state index is 13.5. The number of aromatic nitrogens is 2. The first-order valence-corrected chi connectivity index (χ1v) is 16.4. The van der Waals surface area contributed by atoms with Crippen molar-refractivity contribution < 1.29 is 56.7 Å². The lowest BCUT2D eigenvalue weighted by Crippen LogP contribution is -2.44. The second kappa shape index (κ2) is 17.3. The zero-order chi connectivity index (χ0) is 38.0. The molecule has 0 unspecified atom stereocenters. The van der Waals surface area contributed by atoms with Crippen molar-refractivity contribution in [3.8, 4) is 11.4 Å². The summed E-state index contributed by atoms with van der Waals surface area (Å²) in [4.78, 5) is 75.1. The Bertz CT molecular complexity index is 2140. The monoisotopic (exact) mass is 766 g/mol. The molecule has 4 rings (SSSR count). The predicted octanol–water partition coefficient (Wildman–Crippen LogP) is 3.43. The number of carbonyl (C=O) groups is 5. The van der Waals surface area contributed by atoms with Crippen LogP contribution < -0.4 is 16.2 Å². The van der Waals surface area contributed by atoms with Crippen molar-refractivity contribution in [1.29, 1.82) is 0 Å². The SMILES string of the molecule is O=C(O)C[C@H](NC(=O)Cn1c(-c2ccc(F)cc2)nc(NC(=O)c2cccc(CS(=O)(=O)O)c2)cc1=O)C(=O)O.O=C(O)c1c(Cl)cccc1Cl. The number of carboxylic acids is 3. The summed E-state index contributed by atoms with van der Waals surface area (Å²) in [5.74, 6) is -7.92. The molecular weight excluding hydrogens is 742 g/mol. The highest BCUT2D eigenvalue weighted by Crippen LogP contribution is 2.24. The largest absolute Gasteiger partial charge is 0.481 e. The Morgan fingerprint density at radius 1 is 0.902 bits per heavy atom. The third-order valence-corrected chi connectivity index (χ3v) is 7.71. The zero-order valence-electron chi connectivity index (χ0n) is 25.6. The van der Waals surface area contributed by atoms with Gasteiger partial charge in [0, 0.05) is 17.2 Å². The highest BCUT2D eigenvalue weighted by molar-refractivity contribution is 7.85. The molecule has 1 atom stereocenters. The molecule has 3 aromatic carbocycles. The van der Waals surface area contributed by atoms with Crippen LogP contribution in [0.1, 0.15) is 32.7 Å². The van der Waals surface area contributed by atoms with Crippen molar-refractivity contribution in [2.75, 3.05) is 5.32 Å². The molecule has 0 aliphatic rings. The van der Waals surface area contributed by atoms with Gasteiger partial charge in [0.15, 0.2) is 0 Å². The number of aliphatic carboxylic acids is 2. The summed E-state index contributed by atoms with van der Waals surface area (Å²) < 4.78 is 45.7. The molecule has 0 aliphatic heterocycles. The summed E-state index contributed by atoms with van der Waals surface area (Å²) in [5.41, 5.74) is -0.717. The molecule has 0 saturated carbocycles. The second-order valence-electron chi connectivity index (χ2n) is 10.2. The van der Waals surface area contributed by atoms with E-state index in [1.54, 1.807) is 6.07 Å². The van der Waals surface area contributed by atoms with E-state index in [0.717, 1.165) is 22.8 Å². The van der Waals surface area contributed by atoms with Crippen LogP contribution in [-0.2, 0) is 36.8 Å². The summed E-state index contributed by atoms with van der Waals surface area (Å²) in [5, 5.41) is 31.3. The topological polar surface area (TPSA) is 259 Å². The molecular formula is C31H25Cl2FN4O12S. The Labute approximate surface area is 296 Å². The van der Waals surface area contributed by atoms with E-state index in [0.29, 0.717) is 0 Å². The fraction of sp³-hybridized carbons (Fsp3) is 0.129. The fourth-order valence-electron chi connectivity index (χ4n) is 4.20. The minimum absolute atomic E-state index is 0.0343. The summed E-state index contributed by atoms with van der Waals surface area (Å²) in [6, 6.07) is 13.5. The Morgan fingerprint density at radius 3 is 2.04 bits per heavy atom. The average molecular weight is 768 g/mol. The lowest BCUT2D eigenvalue weighted by molar-refractivity contribution is -0.147. The van der Waals surface area contributed by atoms with Crippen LogP contribution in [0.15, 0.2) is 77.6 Å². The first kappa shape index (κ1) is 39.7. The smallest absolute Gasteiger partial charge is 0.338 e. The Hall–Kier alpha value is -5.69. The third kappa shape index (κ3) is 12.0. The molecule has 1 heterocycles. The maximum atomic E-state index is 13.5. The minimum atomic E-state index is -4.37. The molecule has 16 nitrogen and oxygen atoms in total. The number of hydrogen-bond acceptors (Lipinski definition) is 9. The molecule has 6 N–H and O–H groups in total. The third-order valence-electron chi connectivity index (χ3n) is 6.38. The lowest BCUT2D eigenvalue weighted by Gasteiger charge is -2.16. The number of anilines is 1. The van der Waals surface area contributed by atoms with Crippen molar-refractivity contribution >= 4 is 68.9 Å². The van der Waals surface area contributed by atoms with E-state index in [-0.39, 0.29) is 43.9 Å². The number of aromatic carboxylic acids is 1. The van der Waals surface area contributed by atoms with Crippen LogP contribution in [0.5, 0.6) is 0 Å². The van der Waals surface area contributed by atoms with Gasteiger partial charge in [0.2, 0.25) is 5.91 Å². The van der Waals surface area contributed by atoms with Crippen molar-refractivity contribution in [3.05, 3.63) is 116 Å². The Morgan fingerprint density at radius 2 is 1.51 bits per heavy atom. The van der Waals surface area contributed by atoms with Crippen molar-refractivity contribution in [3.63, 3.8) is 0 Å². The molecule has 2 amide bonds. The fourth-order valence-corrected chi connectivity index (χ4v) is 5.36. The number of hydrogen-bond donors (Lipinski definition) is 6. The summed E-state index contributed by atoms with van der Waals surface area (Å²) in [7, 11) is -4.37. The Kier molecular flexibility index (Phi) is 13.5. The van der Waals surface area contributed by atoms with Crippen LogP contribution in [0.3, 0.4) is 0 Å². The quantitative estimate of drug-likeness (QED) is 0.113. The number of nitrogens with one attached hydrogen (secondary N) is 2. The van der Waals surface area contributed by atoms with Gasteiger partial charge in [0.25, 0.3) is 21.6 Å². The first-order chi connectivity index (χ1) is 23.8. The highest BCUT2D eigenvalue weighted by atomic mass is 35.5. The van der Waals surface area contributed by atoms with Gasteiger partial charge in [-0.05, 0) is 54.1 Å². The summed E-state index contributed by atoms with van der Waals surface area (Å²) in [6.07, 6.45) is -0.921. The summed E-state index contributed by atoms with van der Waals surface area (Å²) >= 11 is 11.1. The maximum Gasteiger partial charge on any atom is 0.338 e. The van der Waals surface area contributed by atoms with E-state index in [9.17, 15) is 41.6 Å². The van der Waals surface area contributed by atoms with Crippen LogP contribution in [-0.4, -0.2) is 73.6 Å². The number of nitrogens with zero attached hydrogens (tertiary/aromatic N) is 2. The number of carboxylic acid groups (broad SMARTS) is 3. The molecule has 1 aromatic heterocycles. The molecule has 0 fully saturated rings. The normalized spacial score (nSPS) is 11.4. The van der Waals surface area contributed by atoms with Crippen molar-refractivity contribution in [2.45, 2.75) is 24.8 Å². The molecule has 0 aliphatic carbocycles. The van der Waals surface area contributed by atoms with Crippen LogP contribution in [0.2, 0.25) is 10.0 Å². The van der Waals surface area contributed by atoms with Crippen LogP contribution in [0, 0.1) is 5.82 Å². The predicted molar refractivity (Wildman–Crippen MR) is 179 cm³/mol. The van der Waals surface area contributed by atoms with Gasteiger partial charge < -0.3 is 26.0 Å². The van der Waals surface area contributed by atoms with Gasteiger partial charge in [-0.25, -0.2) is 19.0 Å². The number of carbonyl (C=O) groups excluding carboxylic acids is 2. The number of halogens is 3. The van der Waals surface area contributed by atoms with Gasteiger partial charge in [0.1, 0.15) is 35.8 Å². The molecule has 4 aromatic rings. The molecule has 268 valence electrons. The van der Waals surface area contributed by atoms with E-state index in [1.807, 2.05) is 5.32 Å². The lowest BCUT2D eigenvalue weighted by atomic mass is 10.1. The van der Waals surface area contributed by atoms with Crippen molar-refractivity contribution in [1.82, 2.24) is 14.9 Å². The highest BCUT2D eigenvalue weighted by Gasteiger charge is 2.24. The molecule has 0 radical (unpaired) electrons. The molecule has 0 saturated heterocycles. The van der Waals surface area contributed by atoms with Gasteiger partial charge in [-0.1, -0.05) is 41.4 Å². The first-order valence-electron chi connectivity index (χ1n) is 14.0. The molecule has 51 heavy (non-hydrogen) atoms. The molecule has 0 spiro atoms. The van der Waals surface area contributed by atoms with E-state index >= 15 is 0 Å². The van der Waals surface area contributed by atoms with E-state index in [1.165, 1.54) is 48.5 Å². The Balaban J connectivity index is 0.000000542. The number of rotatable bonds is 12. The van der Waals surface area contributed by atoms with Gasteiger partial charge in [-0.2, -0.15) is 8.42 Å². The minimum Gasteiger partial charge on any atom is -0.481 e. The molecule has 20 heteroatoms. The number of benzene rings is 3. The van der Waals surface area contributed by atoms with Gasteiger partial charge >= 0.3 is 17.9 Å². The van der Waals surface area contributed by atoms with Crippen LogP contribution in [0.25, 0.3) is 11.4 Å². The molecule has 0 bridgehead atoms. The van der Waals surface area contributed by atoms with E-state index < -0.39 is 76.0 Å². The van der Waals surface area contributed by atoms with Gasteiger partial charge in [0.05, 0.1) is 22.0 Å². The van der Waals surface area contributed by atoms with E-state index in [4.69, 9.17) is 43.1 Å². The standard InChI is InChI=1S/C24H21FN4O10S.C7H4Cl2O2/c25-16-6-4-14(5-7-16)22-27-18(28-23(34)15-3-1-2-13(8-15)12-40(37,38)39)10-20(31)29(22)11-19(30)26-17(24(35)36)9-21(32)33;8-4-2-1-3-5(9)6(4)7(10)11/h1-8,10,17H,9,11-12H2,(H,26,30)(H,28,34)(H,32,33)(H,35,36)(H,37,38,39);1-3H,(H,10,11)/t17-;/m0./s1. The summed E-state index contributed by atoms with van der Waals surface area (Å²) in [6.45, 7) is -0.798. The van der Waals surface area contributed by atoms with Crippen LogP contribution >= 0.6 is 23.2 Å². The van der Waals surface area contributed by atoms with Crippen LogP contribution in [0.4, 0.5) is 10.2 Å². The second-order valence-corrected chi connectivity index (χ2v) is 12.5. The zero-order valence-corrected chi connectivity index (χ0v) is 27.9.